The first-order valence-electron chi connectivity index (χ1n) is 13.0. The Morgan fingerprint density at radius 2 is 1.52 bits per heavy atom. The van der Waals surface area contributed by atoms with Gasteiger partial charge in [0.2, 0.25) is 11.8 Å². The Kier molecular flexibility index (Phi) is 12.1. The first-order chi connectivity index (χ1) is 20.3. The van der Waals surface area contributed by atoms with Crippen molar-refractivity contribution in [1.82, 2.24) is 5.32 Å². The molecule has 4 rings (SSSR count). The second-order valence-electron chi connectivity index (χ2n) is 9.01. The minimum atomic E-state index is -0.960. The standard InChI is InChI=1S/C31H29ClN4O3.CH2O2/c32-27-12-7-13-28(39-24-10-5-2-6-11-24)26(27)20-35-30(37)25(19-14-21-8-3-1-4-9-21)31(38)36-23-17-15-22(16-18-23)29(33)34;2-1-3/h1-13,15-18,25H,14,19-20H2,(H3,33,34)(H,35,37)(H,36,38);1H,(H,2,3). The number of aryl methyl sites for hydroxylation is 1. The molecule has 1 unspecified atom stereocenters. The summed E-state index contributed by atoms with van der Waals surface area (Å²) in [6, 6.07) is 30.8. The summed E-state index contributed by atoms with van der Waals surface area (Å²) in [5, 5.41) is 20.6. The van der Waals surface area contributed by atoms with Crippen molar-refractivity contribution >= 4 is 41.4 Å². The molecule has 0 aliphatic carbocycles. The predicted molar refractivity (Wildman–Crippen MR) is 163 cm³/mol. The Morgan fingerprint density at radius 1 is 0.905 bits per heavy atom. The molecule has 4 aromatic rings. The monoisotopic (exact) mass is 586 g/mol. The zero-order valence-corrected chi connectivity index (χ0v) is 23.4. The van der Waals surface area contributed by atoms with Gasteiger partial charge >= 0.3 is 0 Å². The lowest BCUT2D eigenvalue weighted by Crippen LogP contribution is -2.38. The first-order valence-corrected chi connectivity index (χ1v) is 13.3. The lowest BCUT2D eigenvalue weighted by atomic mass is 9.97. The zero-order valence-electron chi connectivity index (χ0n) is 22.6. The fourth-order valence-electron chi connectivity index (χ4n) is 4.02. The van der Waals surface area contributed by atoms with Gasteiger partial charge in [-0.1, -0.05) is 66.2 Å². The van der Waals surface area contributed by atoms with E-state index >= 15 is 0 Å². The maximum Gasteiger partial charge on any atom is 0.290 e. The van der Waals surface area contributed by atoms with Gasteiger partial charge in [-0.05, 0) is 66.9 Å². The SMILES string of the molecule is N=C(N)c1ccc(NC(=O)C(CCc2ccccc2)C(=O)NCc2c(Cl)cccc2Oc2ccccc2)cc1.O=CO. The van der Waals surface area contributed by atoms with Crippen molar-refractivity contribution in [1.29, 1.82) is 5.41 Å². The highest BCUT2D eigenvalue weighted by Crippen LogP contribution is 2.30. The molecule has 6 N–H and O–H groups in total. The van der Waals surface area contributed by atoms with Crippen LogP contribution in [0.25, 0.3) is 0 Å². The Hall–Kier alpha value is -5.15. The molecule has 0 bridgehead atoms. The van der Waals surface area contributed by atoms with Crippen LogP contribution in [-0.2, 0) is 27.3 Å². The molecule has 0 aromatic heterocycles. The number of amides is 2. The molecule has 0 aliphatic rings. The third-order valence-electron chi connectivity index (χ3n) is 6.15. The number of benzene rings is 4. The summed E-state index contributed by atoms with van der Waals surface area (Å²) in [7, 11) is 0. The largest absolute Gasteiger partial charge is 0.483 e. The maximum atomic E-state index is 13.4. The molecule has 0 radical (unpaired) electrons. The summed E-state index contributed by atoms with van der Waals surface area (Å²) < 4.78 is 6.00. The topological polar surface area (TPSA) is 155 Å². The van der Waals surface area contributed by atoms with Crippen LogP contribution in [0.4, 0.5) is 5.69 Å². The minimum Gasteiger partial charge on any atom is -0.483 e. The number of anilines is 1. The molecule has 4 aromatic carbocycles. The van der Waals surface area contributed by atoms with E-state index in [2.05, 4.69) is 10.6 Å². The quantitative estimate of drug-likeness (QED) is 0.0665. The number of hydrogen-bond donors (Lipinski definition) is 5. The third kappa shape index (κ3) is 9.50. The molecular formula is C32H31ClN4O5. The fraction of sp³-hybridized carbons (Fsp3) is 0.125. The van der Waals surface area contributed by atoms with Crippen LogP contribution in [0.2, 0.25) is 5.02 Å². The molecule has 9 nitrogen and oxygen atoms in total. The smallest absolute Gasteiger partial charge is 0.290 e. The van der Waals surface area contributed by atoms with E-state index in [0.29, 0.717) is 46.2 Å². The van der Waals surface area contributed by atoms with Gasteiger partial charge in [-0.15, -0.1) is 0 Å². The van der Waals surface area contributed by atoms with E-state index < -0.39 is 17.7 Å². The van der Waals surface area contributed by atoms with Gasteiger partial charge in [-0.2, -0.15) is 0 Å². The number of rotatable bonds is 11. The zero-order chi connectivity index (χ0) is 30.3. The average Bonchev–Trinajstić information content (AvgIpc) is 2.99. The lowest BCUT2D eigenvalue weighted by Gasteiger charge is -2.18. The minimum absolute atomic E-state index is 0.0665. The van der Waals surface area contributed by atoms with Gasteiger partial charge < -0.3 is 26.2 Å². The highest BCUT2D eigenvalue weighted by Gasteiger charge is 2.27. The number of carboxylic acid groups (broad SMARTS) is 1. The van der Waals surface area contributed by atoms with E-state index in [4.69, 9.17) is 37.4 Å². The molecule has 216 valence electrons. The number of nitrogens with one attached hydrogen (secondary N) is 3. The molecular weight excluding hydrogens is 556 g/mol. The van der Waals surface area contributed by atoms with Crippen molar-refractivity contribution in [3.8, 4) is 11.5 Å². The first kappa shape index (κ1) is 31.4. The van der Waals surface area contributed by atoms with Crippen LogP contribution in [0.3, 0.4) is 0 Å². The van der Waals surface area contributed by atoms with Crippen molar-refractivity contribution < 1.29 is 24.2 Å². The number of nitrogen functional groups attached to an aromatic ring is 1. The van der Waals surface area contributed by atoms with E-state index in [9.17, 15) is 9.59 Å². The summed E-state index contributed by atoms with van der Waals surface area (Å²) in [6.45, 7) is -0.164. The number of carbonyl (C=O) groups is 3. The Bertz CT molecular complexity index is 1480. The van der Waals surface area contributed by atoms with Crippen LogP contribution in [-0.4, -0.2) is 29.2 Å². The molecule has 0 saturated carbocycles. The van der Waals surface area contributed by atoms with Crippen LogP contribution in [0, 0.1) is 11.3 Å². The Balaban J connectivity index is 0.00000155. The number of amidine groups is 1. The van der Waals surface area contributed by atoms with E-state index in [1.165, 1.54) is 0 Å². The summed E-state index contributed by atoms with van der Waals surface area (Å²) in [5.74, 6) is -0.719. The highest BCUT2D eigenvalue weighted by molar-refractivity contribution is 6.31. The maximum absolute atomic E-state index is 13.4. The number of carbonyl (C=O) groups excluding carboxylic acids is 2. The van der Waals surface area contributed by atoms with Gasteiger partial charge in [0.15, 0.2) is 0 Å². The van der Waals surface area contributed by atoms with Crippen molar-refractivity contribution in [3.63, 3.8) is 0 Å². The molecule has 0 fully saturated rings. The number of nitrogens with two attached hydrogens (primary N) is 1. The van der Waals surface area contributed by atoms with Crippen molar-refractivity contribution in [2.75, 3.05) is 5.32 Å². The Labute approximate surface area is 248 Å². The molecule has 0 heterocycles. The number of ether oxygens (including phenoxy) is 1. The van der Waals surface area contributed by atoms with Gasteiger partial charge in [0.25, 0.3) is 6.47 Å². The number of halogens is 1. The fourth-order valence-corrected chi connectivity index (χ4v) is 4.25. The molecule has 0 aliphatic heterocycles. The molecule has 10 heteroatoms. The Morgan fingerprint density at radius 3 is 2.14 bits per heavy atom. The van der Waals surface area contributed by atoms with Gasteiger partial charge in [-0.3, -0.25) is 19.8 Å². The summed E-state index contributed by atoms with van der Waals surface area (Å²) >= 11 is 6.47. The lowest BCUT2D eigenvalue weighted by molar-refractivity contribution is -0.133. The summed E-state index contributed by atoms with van der Waals surface area (Å²) in [6.07, 6.45) is 0.854. The van der Waals surface area contributed by atoms with E-state index in [1.807, 2.05) is 60.7 Å². The summed E-state index contributed by atoms with van der Waals surface area (Å²) in [4.78, 5) is 35.0. The predicted octanol–water partition coefficient (Wildman–Crippen LogP) is 5.62. The molecule has 0 spiro atoms. The van der Waals surface area contributed by atoms with Crippen LogP contribution in [0.15, 0.2) is 103 Å². The van der Waals surface area contributed by atoms with Gasteiger partial charge in [0, 0.05) is 28.4 Å². The van der Waals surface area contributed by atoms with Crippen LogP contribution in [0.5, 0.6) is 11.5 Å². The molecule has 1 atom stereocenters. The third-order valence-corrected chi connectivity index (χ3v) is 6.50. The highest BCUT2D eigenvalue weighted by atomic mass is 35.5. The van der Waals surface area contributed by atoms with E-state index in [1.54, 1.807) is 42.5 Å². The average molecular weight is 587 g/mol. The van der Waals surface area contributed by atoms with Crippen LogP contribution < -0.4 is 21.1 Å². The van der Waals surface area contributed by atoms with Crippen LogP contribution >= 0.6 is 11.6 Å². The van der Waals surface area contributed by atoms with Crippen molar-refractivity contribution in [2.24, 2.45) is 11.7 Å². The number of hydrogen-bond acceptors (Lipinski definition) is 5. The van der Waals surface area contributed by atoms with Gasteiger partial charge in [0.05, 0.1) is 0 Å². The summed E-state index contributed by atoms with van der Waals surface area (Å²) in [5.41, 5.74) is 8.20. The van der Waals surface area contributed by atoms with Crippen molar-refractivity contribution in [3.05, 3.63) is 125 Å². The van der Waals surface area contributed by atoms with E-state index in [0.717, 1.165) is 5.56 Å². The van der Waals surface area contributed by atoms with E-state index in [-0.39, 0.29) is 18.9 Å². The number of para-hydroxylation sites is 1. The molecule has 2 amide bonds. The molecule has 0 saturated heterocycles. The normalized spacial score (nSPS) is 10.8. The molecule has 42 heavy (non-hydrogen) atoms. The van der Waals surface area contributed by atoms with Gasteiger partial charge in [0.1, 0.15) is 23.3 Å². The second kappa shape index (κ2) is 16.2. The van der Waals surface area contributed by atoms with Crippen molar-refractivity contribution in [2.45, 2.75) is 19.4 Å². The second-order valence-corrected chi connectivity index (χ2v) is 9.42. The van der Waals surface area contributed by atoms with Gasteiger partial charge in [-0.25, -0.2) is 0 Å². The van der Waals surface area contributed by atoms with Crippen LogP contribution in [0.1, 0.15) is 23.1 Å².